The van der Waals surface area contributed by atoms with Crippen LogP contribution < -0.4 is 4.74 Å². The van der Waals surface area contributed by atoms with Gasteiger partial charge in [-0.3, -0.25) is 4.90 Å². The Kier molecular flexibility index (Phi) is 4.78. The number of benzene rings is 1. The second kappa shape index (κ2) is 6.77. The molecule has 0 spiro atoms. The number of hydrogen-bond donors (Lipinski definition) is 1. The molecule has 2 fully saturated rings. The van der Waals surface area contributed by atoms with E-state index < -0.39 is 6.10 Å². The fourth-order valence-corrected chi connectivity index (χ4v) is 2.78. The lowest BCUT2D eigenvalue weighted by Crippen LogP contribution is -2.45. The second-order valence-corrected chi connectivity index (χ2v) is 6.04. The van der Waals surface area contributed by atoms with Gasteiger partial charge in [-0.05, 0) is 43.5 Å². The lowest BCUT2D eigenvalue weighted by Gasteiger charge is -2.35. The van der Waals surface area contributed by atoms with Crippen LogP contribution in [0, 0.1) is 0 Å². The van der Waals surface area contributed by atoms with E-state index in [1.165, 1.54) is 0 Å². The first-order valence-electron chi connectivity index (χ1n) is 8.05. The molecule has 1 N–H and O–H groups in total. The smallest absolute Gasteiger partial charge is 0.119 e. The molecule has 2 atom stereocenters. The molecule has 2 aliphatic rings. The van der Waals surface area contributed by atoms with Crippen LogP contribution in [0.25, 0.3) is 0 Å². The quantitative estimate of drug-likeness (QED) is 0.874. The van der Waals surface area contributed by atoms with E-state index in [0.717, 1.165) is 50.2 Å². The zero-order valence-corrected chi connectivity index (χ0v) is 12.7. The Morgan fingerprint density at radius 3 is 2.76 bits per heavy atom. The topological polar surface area (TPSA) is 41.9 Å². The minimum Gasteiger partial charge on any atom is -0.490 e. The number of hydrogen-bond acceptors (Lipinski definition) is 4. The Hall–Kier alpha value is -1.10. The summed E-state index contributed by atoms with van der Waals surface area (Å²) in [7, 11) is 0. The van der Waals surface area contributed by atoms with Crippen molar-refractivity contribution < 1.29 is 14.6 Å². The van der Waals surface area contributed by atoms with E-state index in [0.29, 0.717) is 12.7 Å². The summed E-state index contributed by atoms with van der Waals surface area (Å²) in [4.78, 5) is 2.36. The molecule has 0 aromatic heterocycles. The van der Waals surface area contributed by atoms with Gasteiger partial charge in [0.05, 0.1) is 12.7 Å². The molecule has 3 rings (SSSR count). The molecule has 116 valence electrons. The highest BCUT2D eigenvalue weighted by Gasteiger charge is 2.28. The molecule has 1 saturated carbocycles. The van der Waals surface area contributed by atoms with Crippen molar-refractivity contribution in [1.29, 1.82) is 0 Å². The van der Waals surface area contributed by atoms with Crippen LogP contribution in [0.2, 0.25) is 0 Å². The highest BCUT2D eigenvalue weighted by Crippen LogP contribution is 2.29. The monoisotopic (exact) mass is 291 g/mol. The third-order valence-electron chi connectivity index (χ3n) is 4.12. The summed E-state index contributed by atoms with van der Waals surface area (Å²) >= 11 is 0. The summed E-state index contributed by atoms with van der Waals surface area (Å²) in [5.41, 5.74) is 0.904. The maximum Gasteiger partial charge on any atom is 0.119 e. The van der Waals surface area contributed by atoms with Crippen molar-refractivity contribution in [3.05, 3.63) is 29.8 Å². The maximum absolute atomic E-state index is 10.5. The summed E-state index contributed by atoms with van der Waals surface area (Å²) in [5, 5.41) is 10.5. The predicted molar refractivity (Wildman–Crippen MR) is 81.5 cm³/mol. The molecule has 21 heavy (non-hydrogen) atoms. The fourth-order valence-electron chi connectivity index (χ4n) is 2.78. The molecule has 4 nitrogen and oxygen atoms in total. The minimum absolute atomic E-state index is 0.138. The molecule has 1 aliphatic carbocycles. The van der Waals surface area contributed by atoms with Crippen LogP contribution in [-0.2, 0) is 4.74 Å². The van der Waals surface area contributed by atoms with E-state index in [1.807, 2.05) is 24.3 Å². The van der Waals surface area contributed by atoms with E-state index >= 15 is 0 Å². The lowest BCUT2D eigenvalue weighted by molar-refractivity contribution is -0.0898. The van der Waals surface area contributed by atoms with E-state index in [2.05, 4.69) is 11.8 Å². The van der Waals surface area contributed by atoms with Gasteiger partial charge in [0, 0.05) is 13.1 Å². The minimum atomic E-state index is -0.570. The van der Waals surface area contributed by atoms with Gasteiger partial charge in [-0.2, -0.15) is 0 Å². The highest BCUT2D eigenvalue weighted by molar-refractivity contribution is 5.29. The Morgan fingerprint density at radius 1 is 1.33 bits per heavy atom. The first kappa shape index (κ1) is 14.8. The molecule has 4 heteroatoms. The summed E-state index contributed by atoms with van der Waals surface area (Å²) in [5.74, 6) is 0.894. The number of morpholine rings is 1. The summed E-state index contributed by atoms with van der Waals surface area (Å²) in [6, 6.07) is 7.79. The van der Waals surface area contributed by atoms with Crippen molar-refractivity contribution in [3.8, 4) is 5.75 Å². The summed E-state index contributed by atoms with van der Waals surface area (Å²) < 4.78 is 11.5. The van der Waals surface area contributed by atoms with Gasteiger partial charge in [-0.1, -0.05) is 19.1 Å². The molecule has 1 aromatic carbocycles. The zero-order valence-electron chi connectivity index (χ0n) is 12.7. The van der Waals surface area contributed by atoms with E-state index in [9.17, 15) is 5.11 Å². The SMILES string of the molecule is CCCN1CCOC(C(O)c2ccc(OC3CC3)cc2)C1. The standard InChI is InChI=1S/C17H25NO3/c1-2-9-18-10-11-20-16(12-18)17(19)13-3-5-14(6-4-13)21-15-7-8-15/h3-6,15-17,19H,2,7-12H2,1H3. The van der Waals surface area contributed by atoms with Crippen LogP contribution in [0.4, 0.5) is 0 Å². The van der Waals surface area contributed by atoms with Gasteiger partial charge < -0.3 is 14.6 Å². The molecular weight excluding hydrogens is 266 g/mol. The van der Waals surface area contributed by atoms with Crippen molar-refractivity contribution >= 4 is 0 Å². The number of aliphatic hydroxyl groups excluding tert-OH is 1. The molecule has 1 aliphatic heterocycles. The molecule has 0 amide bonds. The van der Waals surface area contributed by atoms with Crippen LogP contribution in [0.5, 0.6) is 5.75 Å². The van der Waals surface area contributed by atoms with Gasteiger partial charge in [-0.15, -0.1) is 0 Å². The van der Waals surface area contributed by atoms with Gasteiger partial charge >= 0.3 is 0 Å². The van der Waals surface area contributed by atoms with Crippen molar-refractivity contribution in [2.24, 2.45) is 0 Å². The van der Waals surface area contributed by atoms with E-state index in [4.69, 9.17) is 9.47 Å². The first-order valence-corrected chi connectivity index (χ1v) is 8.05. The number of rotatable bonds is 6. The molecule has 0 radical (unpaired) electrons. The molecule has 0 bridgehead atoms. The van der Waals surface area contributed by atoms with Gasteiger partial charge in [-0.25, -0.2) is 0 Å². The molecule has 1 aromatic rings. The van der Waals surface area contributed by atoms with Crippen LogP contribution in [0.15, 0.2) is 24.3 Å². The molecule has 1 saturated heterocycles. The third-order valence-corrected chi connectivity index (χ3v) is 4.12. The average Bonchev–Trinajstić information content (AvgIpc) is 3.32. The summed E-state index contributed by atoms with van der Waals surface area (Å²) in [6.45, 7) is 5.71. The largest absolute Gasteiger partial charge is 0.490 e. The van der Waals surface area contributed by atoms with Crippen molar-refractivity contribution in [2.45, 2.75) is 44.5 Å². The Labute approximate surface area is 126 Å². The maximum atomic E-state index is 10.5. The summed E-state index contributed by atoms with van der Waals surface area (Å²) in [6.07, 6.45) is 3.15. The van der Waals surface area contributed by atoms with Gasteiger partial charge in [0.25, 0.3) is 0 Å². The fraction of sp³-hybridized carbons (Fsp3) is 0.647. The predicted octanol–water partition coefficient (Wildman–Crippen LogP) is 2.37. The average molecular weight is 291 g/mol. The number of ether oxygens (including phenoxy) is 2. The lowest BCUT2D eigenvalue weighted by atomic mass is 10.0. The van der Waals surface area contributed by atoms with Crippen molar-refractivity contribution in [3.63, 3.8) is 0 Å². The van der Waals surface area contributed by atoms with Crippen LogP contribution in [0.1, 0.15) is 37.9 Å². The van der Waals surface area contributed by atoms with Gasteiger partial charge in [0.15, 0.2) is 0 Å². The van der Waals surface area contributed by atoms with E-state index in [-0.39, 0.29) is 6.10 Å². The Bertz CT molecular complexity index is 442. The first-order chi connectivity index (χ1) is 10.3. The number of aliphatic hydroxyl groups is 1. The van der Waals surface area contributed by atoms with Gasteiger partial charge in [0.2, 0.25) is 0 Å². The molecule has 2 unspecified atom stereocenters. The highest BCUT2D eigenvalue weighted by atomic mass is 16.5. The van der Waals surface area contributed by atoms with Crippen LogP contribution in [0.3, 0.4) is 0 Å². The van der Waals surface area contributed by atoms with Crippen LogP contribution in [-0.4, -0.2) is 48.5 Å². The van der Waals surface area contributed by atoms with Crippen molar-refractivity contribution in [1.82, 2.24) is 4.90 Å². The Morgan fingerprint density at radius 2 is 2.10 bits per heavy atom. The molecular formula is C17H25NO3. The number of nitrogens with zero attached hydrogens (tertiary/aromatic N) is 1. The Balaban J connectivity index is 1.59. The normalized spacial score (nSPS) is 24.8. The van der Waals surface area contributed by atoms with Crippen LogP contribution >= 0.6 is 0 Å². The second-order valence-electron chi connectivity index (χ2n) is 6.04. The van der Waals surface area contributed by atoms with Crippen molar-refractivity contribution in [2.75, 3.05) is 26.2 Å². The van der Waals surface area contributed by atoms with Gasteiger partial charge in [0.1, 0.15) is 18.0 Å². The third kappa shape index (κ3) is 3.96. The zero-order chi connectivity index (χ0) is 14.7. The molecule has 1 heterocycles. The van der Waals surface area contributed by atoms with E-state index in [1.54, 1.807) is 0 Å².